The zero-order valence-electron chi connectivity index (χ0n) is 25.4. The van der Waals surface area contributed by atoms with Crippen LogP contribution in [0, 0.1) is 6.92 Å². The molecule has 0 amide bonds. The van der Waals surface area contributed by atoms with Gasteiger partial charge in [0.25, 0.3) is 0 Å². The molecule has 216 valence electrons. The van der Waals surface area contributed by atoms with Crippen LogP contribution in [0.2, 0.25) is 0 Å². The highest BCUT2D eigenvalue weighted by Crippen LogP contribution is 2.66. The predicted molar refractivity (Wildman–Crippen MR) is 178 cm³/mol. The van der Waals surface area contributed by atoms with Crippen LogP contribution in [-0.2, 0) is 12.6 Å². The van der Waals surface area contributed by atoms with Crippen molar-refractivity contribution >= 4 is 17.1 Å². The lowest BCUT2D eigenvalue weighted by atomic mass is 9.77. The molecular formula is C41H28N4O+2. The lowest BCUT2D eigenvalue weighted by molar-refractivity contribution is -0.759. The fourth-order valence-corrected chi connectivity index (χ4v) is 8.91. The summed E-state index contributed by atoms with van der Waals surface area (Å²) in [5.41, 5.74) is 15.2. The number of benzene rings is 5. The van der Waals surface area contributed by atoms with Crippen molar-refractivity contribution < 1.29 is 13.9 Å². The molecule has 11 rings (SSSR count). The molecule has 5 aromatic carbocycles. The molecule has 5 heteroatoms. The molecule has 46 heavy (non-hydrogen) atoms. The minimum Gasteiger partial charge on any atom is -0.453 e. The van der Waals surface area contributed by atoms with E-state index >= 15 is 0 Å². The molecule has 0 saturated heterocycles. The third-order valence-electron chi connectivity index (χ3n) is 10.5. The molecule has 0 fully saturated rings. The maximum Gasteiger partial charge on any atom is 0.346 e. The van der Waals surface area contributed by atoms with Gasteiger partial charge >= 0.3 is 11.4 Å². The van der Waals surface area contributed by atoms with Crippen molar-refractivity contribution in [1.82, 2.24) is 4.57 Å². The van der Waals surface area contributed by atoms with E-state index in [1.54, 1.807) is 0 Å². The first-order chi connectivity index (χ1) is 22.7. The van der Waals surface area contributed by atoms with Crippen LogP contribution in [0.4, 0.5) is 17.1 Å². The van der Waals surface area contributed by atoms with Gasteiger partial charge in [-0.1, -0.05) is 60.7 Å². The summed E-state index contributed by atoms with van der Waals surface area (Å²) in [4.78, 5) is 2.45. The van der Waals surface area contributed by atoms with Crippen LogP contribution in [0.25, 0.3) is 39.3 Å². The molecular weight excluding hydrogens is 564 g/mol. The molecule has 1 spiro atoms. The molecule has 0 radical (unpaired) electrons. The number of anilines is 3. The van der Waals surface area contributed by atoms with Crippen molar-refractivity contribution in [3.05, 3.63) is 156 Å². The van der Waals surface area contributed by atoms with E-state index in [0.717, 1.165) is 22.9 Å². The van der Waals surface area contributed by atoms with E-state index in [-0.39, 0.29) is 0 Å². The van der Waals surface area contributed by atoms with Crippen molar-refractivity contribution in [2.75, 3.05) is 4.90 Å². The Hall–Kier alpha value is -5.94. The van der Waals surface area contributed by atoms with Crippen LogP contribution in [0.5, 0.6) is 11.5 Å². The van der Waals surface area contributed by atoms with Gasteiger partial charge in [-0.2, -0.15) is 9.13 Å². The van der Waals surface area contributed by atoms with E-state index in [0.29, 0.717) is 0 Å². The largest absolute Gasteiger partial charge is 0.453 e. The standard InChI is InChI=1S/C41H28N4O/c1-25-38(28-20-18-27(19-21-28)26-11-4-3-5-12-26)42(2)40-41-36-29(30-14-8-9-24-43(30)41)13-10-16-32(36)45-31-15-6-7-17-34(31)46-35-23-22-33(44(25)40)37(41)39(35)45/h3-24H,1-2H3/q+2. The monoisotopic (exact) mass is 592 g/mol. The van der Waals surface area contributed by atoms with Gasteiger partial charge in [0.15, 0.2) is 29.1 Å². The number of fused-ring (bicyclic) bond motifs is 7. The second kappa shape index (κ2) is 8.20. The van der Waals surface area contributed by atoms with E-state index in [2.05, 4.69) is 166 Å². The average Bonchev–Trinajstić information content (AvgIpc) is 3.69. The van der Waals surface area contributed by atoms with Gasteiger partial charge < -0.3 is 9.64 Å². The number of rotatable bonds is 2. The minimum atomic E-state index is -0.572. The Labute approximate surface area is 266 Å². The number of hydrogen-bond donors (Lipinski definition) is 0. The molecule has 0 bridgehead atoms. The summed E-state index contributed by atoms with van der Waals surface area (Å²) in [6, 6.07) is 45.8. The molecule has 7 aromatic rings. The van der Waals surface area contributed by atoms with Gasteiger partial charge in [0, 0.05) is 24.6 Å². The number of nitrogens with zero attached hydrogens (tertiary/aromatic N) is 4. The van der Waals surface area contributed by atoms with Crippen molar-refractivity contribution in [2.24, 2.45) is 7.05 Å². The molecule has 1 atom stereocenters. The number of aromatic nitrogens is 3. The van der Waals surface area contributed by atoms with Crippen molar-refractivity contribution in [1.29, 1.82) is 0 Å². The molecule has 2 aromatic heterocycles. The highest BCUT2D eigenvalue weighted by atomic mass is 16.5. The molecule has 1 unspecified atom stereocenters. The van der Waals surface area contributed by atoms with E-state index in [9.17, 15) is 0 Å². The second-order valence-corrected chi connectivity index (χ2v) is 12.7. The highest BCUT2D eigenvalue weighted by molar-refractivity contribution is 5.99. The molecule has 0 saturated carbocycles. The number of ether oxygens (including phenoxy) is 1. The highest BCUT2D eigenvalue weighted by Gasteiger charge is 2.72. The van der Waals surface area contributed by atoms with Crippen LogP contribution in [0.15, 0.2) is 134 Å². The van der Waals surface area contributed by atoms with Gasteiger partial charge in [-0.25, -0.2) is 4.57 Å². The SMILES string of the molecule is Cc1c(-c2ccc(-c3ccccc3)cc2)[n+](C)c2n1-c1ccc3c4c1C21c2c(cccc2N4c2ccccc2O3)-c2cccc[n+]21. The Kier molecular flexibility index (Phi) is 4.35. The van der Waals surface area contributed by atoms with Gasteiger partial charge in [0.1, 0.15) is 16.9 Å². The Morgan fingerprint density at radius 3 is 2.22 bits per heavy atom. The Bertz CT molecular complexity index is 2480. The number of pyridine rings is 1. The van der Waals surface area contributed by atoms with Gasteiger partial charge in [0.2, 0.25) is 5.69 Å². The van der Waals surface area contributed by atoms with E-state index in [1.807, 2.05) is 0 Å². The summed E-state index contributed by atoms with van der Waals surface area (Å²) in [6.45, 7) is 2.27. The topological polar surface area (TPSA) is 25.2 Å². The van der Waals surface area contributed by atoms with Crippen molar-refractivity contribution in [3.63, 3.8) is 0 Å². The van der Waals surface area contributed by atoms with Gasteiger partial charge in [0.05, 0.1) is 29.5 Å². The fraction of sp³-hybridized carbons (Fsp3) is 0.0732. The quantitative estimate of drug-likeness (QED) is 0.189. The Morgan fingerprint density at radius 2 is 1.35 bits per heavy atom. The maximum atomic E-state index is 6.67. The first-order valence-corrected chi connectivity index (χ1v) is 15.9. The van der Waals surface area contributed by atoms with Crippen LogP contribution < -0.4 is 18.8 Å². The second-order valence-electron chi connectivity index (χ2n) is 12.7. The normalized spacial score (nSPS) is 16.7. The van der Waals surface area contributed by atoms with Crippen LogP contribution >= 0.6 is 0 Å². The maximum absolute atomic E-state index is 6.67. The van der Waals surface area contributed by atoms with Crippen molar-refractivity contribution in [3.8, 4) is 50.8 Å². The summed E-state index contributed by atoms with van der Waals surface area (Å²) >= 11 is 0. The predicted octanol–water partition coefficient (Wildman–Crippen LogP) is 8.25. The minimum absolute atomic E-state index is 0.572. The molecule has 4 aliphatic heterocycles. The molecule has 5 nitrogen and oxygen atoms in total. The summed E-state index contributed by atoms with van der Waals surface area (Å²) in [5.74, 6) is 3.00. The number of hydrogen-bond acceptors (Lipinski definition) is 2. The summed E-state index contributed by atoms with van der Waals surface area (Å²) in [5, 5.41) is 0. The lowest BCUT2D eigenvalue weighted by Gasteiger charge is -2.40. The van der Waals surface area contributed by atoms with Crippen molar-refractivity contribution in [2.45, 2.75) is 12.5 Å². The van der Waals surface area contributed by atoms with Crippen LogP contribution in [0.1, 0.15) is 22.6 Å². The Morgan fingerprint density at radius 1 is 0.609 bits per heavy atom. The summed E-state index contributed by atoms with van der Waals surface area (Å²) < 4.78 is 14.1. The summed E-state index contributed by atoms with van der Waals surface area (Å²) in [7, 11) is 2.24. The van der Waals surface area contributed by atoms with E-state index in [1.165, 1.54) is 67.7 Å². The fourth-order valence-electron chi connectivity index (χ4n) is 8.91. The number of imidazole rings is 1. The third-order valence-corrected chi connectivity index (χ3v) is 10.5. The van der Waals surface area contributed by atoms with Gasteiger partial charge in [-0.15, -0.1) is 0 Å². The lowest BCUT2D eigenvalue weighted by Crippen LogP contribution is -2.61. The van der Waals surface area contributed by atoms with E-state index < -0.39 is 5.54 Å². The first-order valence-electron chi connectivity index (χ1n) is 15.9. The molecule has 4 aliphatic rings. The molecule has 0 aliphatic carbocycles. The summed E-state index contributed by atoms with van der Waals surface area (Å²) in [6.07, 6.45) is 2.27. The zero-order chi connectivity index (χ0) is 30.3. The first kappa shape index (κ1) is 24.4. The van der Waals surface area contributed by atoms with Gasteiger partial charge in [-0.3, -0.25) is 0 Å². The number of para-hydroxylation sites is 2. The molecule has 6 heterocycles. The van der Waals surface area contributed by atoms with Crippen LogP contribution in [0.3, 0.4) is 0 Å². The van der Waals surface area contributed by atoms with Crippen LogP contribution in [-0.4, -0.2) is 4.57 Å². The smallest absolute Gasteiger partial charge is 0.346 e. The Balaban J connectivity index is 1.25. The third kappa shape index (κ3) is 2.63. The molecule has 0 N–H and O–H groups in total. The van der Waals surface area contributed by atoms with Gasteiger partial charge in [-0.05, 0) is 65.7 Å². The average molecular weight is 593 g/mol. The van der Waals surface area contributed by atoms with E-state index in [4.69, 9.17) is 4.74 Å². The zero-order valence-corrected chi connectivity index (χ0v) is 25.4.